The van der Waals surface area contributed by atoms with Gasteiger partial charge in [0.25, 0.3) is 10.0 Å². The standard InChI is InChI=1S/C22H23NO3S/c1-17-11-12-18(2)22(15-17)27(24,25)23-20-9-6-10-21(16-20)26-14-13-19-7-4-3-5-8-19/h3-12,15-16,23H,13-14H2,1-2H3. The lowest BCUT2D eigenvalue weighted by molar-refractivity contribution is 0.322. The average molecular weight is 381 g/mol. The number of hydrogen-bond donors (Lipinski definition) is 1. The van der Waals surface area contributed by atoms with Crippen LogP contribution >= 0.6 is 0 Å². The van der Waals surface area contributed by atoms with Crippen molar-refractivity contribution in [1.82, 2.24) is 0 Å². The third-order valence-corrected chi connectivity index (χ3v) is 5.74. The van der Waals surface area contributed by atoms with Crippen LogP contribution in [0, 0.1) is 13.8 Å². The molecular formula is C22H23NO3S. The molecular weight excluding hydrogens is 358 g/mol. The second-order valence-electron chi connectivity index (χ2n) is 6.49. The molecule has 0 radical (unpaired) electrons. The van der Waals surface area contributed by atoms with Crippen molar-refractivity contribution in [3.05, 3.63) is 89.5 Å². The highest BCUT2D eigenvalue weighted by Crippen LogP contribution is 2.23. The summed E-state index contributed by atoms with van der Waals surface area (Å²) in [6, 6.07) is 22.5. The molecule has 0 unspecified atom stereocenters. The molecule has 3 aromatic carbocycles. The lowest BCUT2D eigenvalue weighted by Crippen LogP contribution is -2.14. The molecule has 0 bridgehead atoms. The monoisotopic (exact) mass is 381 g/mol. The second kappa shape index (κ2) is 8.27. The Balaban J connectivity index is 1.69. The van der Waals surface area contributed by atoms with Crippen LogP contribution in [0.2, 0.25) is 0 Å². The van der Waals surface area contributed by atoms with E-state index in [1.165, 1.54) is 5.56 Å². The van der Waals surface area contributed by atoms with Gasteiger partial charge in [-0.15, -0.1) is 0 Å². The summed E-state index contributed by atoms with van der Waals surface area (Å²) in [5.74, 6) is 0.632. The molecule has 3 rings (SSSR count). The SMILES string of the molecule is Cc1ccc(C)c(S(=O)(=O)Nc2cccc(OCCc3ccccc3)c2)c1. The third kappa shape index (κ3) is 5.11. The number of aryl methyl sites for hydroxylation is 2. The van der Waals surface area contributed by atoms with E-state index in [4.69, 9.17) is 4.74 Å². The van der Waals surface area contributed by atoms with Crippen molar-refractivity contribution in [3.63, 3.8) is 0 Å². The summed E-state index contributed by atoms with van der Waals surface area (Å²) in [7, 11) is -3.65. The first-order valence-corrected chi connectivity index (χ1v) is 10.3. The Morgan fingerprint density at radius 1 is 0.889 bits per heavy atom. The maximum Gasteiger partial charge on any atom is 0.262 e. The highest BCUT2D eigenvalue weighted by atomic mass is 32.2. The summed E-state index contributed by atoms with van der Waals surface area (Å²) < 4.78 is 33.9. The van der Waals surface area contributed by atoms with E-state index in [0.717, 1.165) is 12.0 Å². The van der Waals surface area contributed by atoms with Gasteiger partial charge in [0.05, 0.1) is 17.2 Å². The first-order valence-electron chi connectivity index (χ1n) is 8.81. The quantitative estimate of drug-likeness (QED) is 0.644. The van der Waals surface area contributed by atoms with Gasteiger partial charge in [-0.3, -0.25) is 4.72 Å². The van der Waals surface area contributed by atoms with Crippen LogP contribution in [0.1, 0.15) is 16.7 Å². The molecule has 4 nitrogen and oxygen atoms in total. The van der Waals surface area contributed by atoms with Crippen molar-refractivity contribution in [3.8, 4) is 5.75 Å². The van der Waals surface area contributed by atoms with Crippen LogP contribution in [0.4, 0.5) is 5.69 Å². The van der Waals surface area contributed by atoms with Gasteiger partial charge in [0, 0.05) is 12.5 Å². The molecule has 0 fully saturated rings. The summed E-state index contributed by atoms with van der Waals surface area (Å²) in [5.41, 5.74) is 3.29. The average Bonchev–Trinajstić information content (AvgIpc) is 2.64. The second-order valence-corrected chi connectivity index (χ2v) is 8.14. The highest BCUT2D eigenvalue weighted by Gasteiger charge is 2.17. The largest absolute Gasteiger partial charge is 0.493 e. The van der Waals surface area contributed by atoms with Crippen LogP contribution in [0.15, 0.2) is 77.7 Å². The van der Waals surface area contributed by atoms with Gasteiger partial charge in [-0.05, 0) is 48.7 Å². The van der Waals surface area contributed by atoms with E-state index in [9.17, 15) is 8.42 Å². The molecule has 5 heteroatoms. The zero-order valence-electron chi connectivity index (χ0n) is 15.5. The van der Waals surface area contributed by atoms with E-state index in [-0.39, 0.29) is 4.90 Å². The smallest absolute Gasteiger partial charge is 0.262 e. The minimum absolute atomic E-state index is 0.290. The van der Waals surface area contributed by atoms with Gasteiger partial charge in [0.2, 0.25) is 0 Å². The Morgan fingerprint density at radius 3 is 2.44 bits per heavy atom. The third-order valence-electron chi connectivity index (χ3n) is 4.22. The predicted octanol–water partition coefficient (Wildman–Crippen LogP) is 4.73. The van der Waals surface area contributed by atoms with Gasteiger partial charge in [0.1, 0.15) is 5.75 Å². The molecule has 0 spiro atoms. The fourth-order valence-corrected chi connectivity index (χ4v) is 4.17. The summed E-state index contributed by atoms with van der Waals surface area (Å²) in [4.78, 5) is 0.290. The van der Waals surface area contributed by atoms with Crippen molar-refractivity contribution >= 4 is 15.7 Å². The van der Waals surface area contributed by atoms with Crippen LogP contribution in [-0.4, -0.2) is 15.0 Å². The van der Waals surface area contributed by atoms with E-state index in [0.29, 0.717) is 23.6 Å². The minimum Gasteiger partial charge on any atom is -0.493 e. The Kier molecular flexibility index (Phi) is 5.81. The van der Waals surface area contributed by atoms with Crippen LogP contribution < -0.4 is 9.46 Å². The molecule has 3 aromatic rings. The number of rotatable bonds is 7. The first-order chi connectivity index (χ1) is 12.9. The summed E-state index contributed by atoms with van der Waals surface area (Å²) >= 11 is 0. The molecule has 27 heavy (non-hydrogen) atoms. The Labute approximate surface area is 160 Å². The Morgan fingerprint density at radius 2 is 1.67 bits per heavy atom. The van der Waals surface area contributed by atoms with Gasteiger partial charge in [-0.25, -0.2) is 8.42 Å². The van der Waals surface area contributed by atoms with E-state index < -0.39 is 10.0 Å². The molecule has 0 aliphatic rings. The Bertz CT molecular complexity index is 1010. The van der Waals surface area contributed by atoms with Gasteiger partial charge < -0.3 is 4.74 Å². The first kappa shape index (κ1) is 19.0. The lowest BCUT2D eigenvalue weighted by Gasteiger charge is -2.12. The number of anilines is 1. The van der Waals surface area contributed by atoms with E-state index >= 15 is 0 Å². The van der Waals surface area contributed by atoms with Crippen LogP contribution in [-0.2, 0) is 16.4 Å². The molecule has 0 aliphatic carbocycles. The van der Waals surface area contributed by atoms with Crippen molar-refractivity contribution in [2.24, 2.45) is 0 Å². The highest BCUT2D eigenvalue weighted by molar-refractivity contribution is 7.92. The molecule has 140 valence electrons. The van der Waals surface area contributed by atoms with Gasteiger partial charge >= 0.3 is 0 Å². The van der Waals surface area contributed by atoms with Gasteiger partial charge in [-0.1, -0.05) is 48.5 Å². The van der Waals surface area contributed by atoms with Crippen molar-refractivity contribution < 1.29 is 13.2 Å². The molecule has 1 N–H and O–H groups in total. The fraction of sp³-hybridized carbons (Fsp3) is 0.182. The van der Waals surface area contributed by atoms with Gasteiger partial charge in [-0.2, -0.15) is 0 Å². The molecule has 0 aliphatic heterocycles. The number of nitrogens with one attached hydrogen (secondary N) is 1. The molecule has 0 aromatic heterocycles. The maximum absolute atomic E-state index is 12.7. The zero-order valence-corrected chi connectivity index (χ0v) is 16.3. The van der Waals surface area contributed by atoms with Crippen LogP contribution in [0.3, 0.4) is 0 Å². The van der Waals surface area contributed by atoms with Gasteiger partial charge in [0.15, 0.2) is 0 Å². The Hall–Kier alpha value is -2.79. The summed E-state index contributed by atoms with van der Waals surface area (Å²) in [6.07, 6.45) is 0.791. The predicted molar refractivity (Wildman–Crippen MR) is 109 cm³/mol. The number of benzene rings is 3. The molecule has 0 saturated heterocycles. The topological polar surface area (TPSA) is 55.4 Å². The minimum atomic E-state index is -3.65. The number of hydrogen-bond acceptors (Lipinski definition) is 3. The maximum atomic E-state index is 12.7. The summed E-state index contributed by atoms with van der Waals surface area (Å²) in [5, 5.41) is 0. The molecule has 0 heterocycles. The van der Waals surface area contributed by atoms with Crippen molar-refractivity contribution in [2.45, 2.75) is 25.2 Å². The molecule has 0 atom stereocenters. The number of sulfonamides is 1. The van der Waals surface area contributed by atoms with E-state index in [1.54, 1.807) is 31.2 Å². The normalized spacial score (nSPS) is 11.2. The van der Waals surface area contributed by atoms with Crippen LogP contribution in [0.5, 0.6) is 5.75 Å². The molecule has 0 saturated carbocycles. The van der Waals surface area contributed by atoms with Crippen LogP contribution in [0.25, 0.3) is 0 Å². The van der Waals surface area contributed by atoms with Crippen molar-refractivity contribution in [2.75, 3.05) is 11.3 Å². The lowest BCUT2D eigenvalue weighted by atomic mass is 10.2. The zero-order chi connectivity index (χ0) is 19.3. The van der Waals surface area contributed by atoms with E-state index in [2.05, 4.69) is 16.9 Å². The van der Waals surface area contributed by atoms with Crippen molar-refractivity contribution in [1.29, 1.82) is 0 Å². The van der Waals surface area contributed by atoms with E-state index in [1.807, 2.05) is 43.3 Å². The fourth-order valence-electron chi connectivity index (χ4n) is 2.79. The summed E-state index contributed by atoms with van der Waals surface area (Å²) in [6.45, 7) is 4.19. The molecule has 0 amide bonds. The number of ether oxygens (including phenoxy) is 1.